The molecule has 0 amide bonds. The Labute approximate surface area is 118 Å². The number of hydrogen-bond donors (Lipinski definition) is 1. The Hall–Kier alpha value is -1.62. The molecule has 5 nitrogen and oxygen atoms in total. The lowest BCUT2D eigenvalue weighted by molar-refractivity contribution is -0.0371. The zero-order valence-electron chi connectivity index (χ0n) is 12.3. The molecule has 0 aromatic carbocycles. The molecule has 2 aromatic heterocycles. The number of hydrogen-bond acceptors (Lipinski definition) is 4. The second-order valence-electron chi connectivity index (χ2n) is 5.76. The predicted octanol–water partition coefficient (Wildman–Crippen LogP) is 3.27. The van der Waals surface area contributed by atoms with E-state index in [1.807, 2.05) is 11.6 Å². The van der Waals surface area contributed by atoms with Gasteiger partial charge < -0.3 is 9.84 Å². The van der Waals surface area contributed by atoms with Crippen molar-refractivity contribution in [3.8, 4) is 5.75 Å². The first-order valence-electron chi connectivity index (χ1n) is 7.28. The molecule has 0 aliphatic carbocycles. The molecule has 3 heterocycles. The van der Waals surface area contributed by atoms with E-state index >= 15 is 0 Å². The molecule has 0 saturated carbocycles. The molecule has 3 rings (SSSR count). The van der Waals surface area contributed by atoms with E-state index in [9.17, 15) is 5.11 Å². The highest BCUT2D eigenvalue weighted by Gasteiger charge is 2.24. The van der Waals surface area contributed by atoms with Gasteiger partial charge in [-0.2, -0.15) is 5.10 Å². The second kappa shape index (κ2) is 5.05. The van der Waals surface area contributed by atoms with Gasteiger partial charge in [-0.1, -0.05) is 13.8 Å². The number of rotatable bonds is 2. The number of pyridine rings is 1. The van der Waals surface area contributed by atoms with Gasteiger partial charge in [-0.25, -0.2) is 9.67 Å². The quantitative estimate of drug-likeness (QED) is 0.913. The second-order valence-corrected chi connectivity index (χ2v) is 5.76. The summed E-state index contributed by atoms with van der Waals surface area (Å²) in [6.45, 7) is 6.89. The molecular formula is C15H21N3O2. The lowest BCUT2D eigenvalue weighted by Crippen LogP contribution is -2.19. The Kier molecular flexibility index (Phi) is 3.38. The maximum atomic E-state index is 10.1. The van der Waals surface area contributed by atoms with Crippen LogP contribution in [-0.2, 0) is 4.74 Å². The summed E-state index contributed by atoms with van der Waals surface area (Å²) in [5, 5.41) is 15.7. The molecule has 0 spiro atoms. The van der Waals surface area contributed by atoms with E-state index in [0.717, 1.165) is 48.2 Å². The fourth-order valence-corrected chi connectivity index (χ4v) is 3.00. The summed E-state index contributed by atoms with van der Waals surface area (Å²) in [6, 6.07) is 0. The molecule has 1 aliphatic heterocycles. The van der Waals surface area contributed by atoms with Crippen LogP contribution in [0, 0.1) is 6.92 Å². The Balaban J connectivity index is 2.18. The van der Waals surface area contributed by atoms with Crippen LogP contribution in [0.1, 0.15) is 56.5 Å². The number of aromatic nitrogens is 3. The molecule has 2 aromatic rings. The van der Waals surface area contributed by atoms with E-state index in [0.29, 0.717) is 0 Å². The minimum Gasteiger partial charge on any atom is -0.506 e. The summed E-state index contributed by atoms with van der Waals surface area (Å²) < 4.78 is 7.70. The Morgan fingerprint density at radius 3 is 2.85 bits per heavy atom. The van der Waals surface area contributed by atoms with Crippen molar-refractivity contribution in [3.63, 3.8) is 0 Å². The first-order valence-corrected chi connectivity index (χ1v) is 7.28. The van der Waals surface area contributed by atoms with Gasteiger partial charge in [0.1, 0.15) is 5.75 Å². The third-order valence-corrected chi connectivity index (χ3v) is 3.92. The van der Waals surface area contributed by atoms with Crippen molar-refractivity contribution >= 4 is 11.0 Å². The molecule has 5 heteroatoms. The average molecular weight is 275 g/mol. The largest absolute Gasteiger partial charge is 0.506 e. The minimum absolute atomic E-state index is 0.0306. The summed E-state index contributed by atoms with van der Waals surface area (Å²) in [5.41, 5.74) is 2.65. The van der Waals surface area contributed by atoms with Crippen LogP contribution in [0.2, 0.25) is 0 Å². The third kappa shape index (κ3) is 2.06. The van der Waals surface area contributed by atoms with Crippen molar-refractivity contribution in [2.45, 2.75) is 52.2 Å². The van der Waals surface area contributed by atoms with E-state index in [1.54, 1.807) is 0 Å². The molecule has 1 unspecified atom stereocenters. The number of fused-ring (bicyclic) bond motifs is 1. The lowest BCUT2D eigenvalue weighted by Gasteiger charge is -2.23. The van der Waals surface area contributed by atoms with Gasteiger partial charge in [0, 0.05) is 17.6 Å². The molecule has 20 heavy (non-hydrogen) atoms. The van der Waals surface area contributed by atoms with E-state index in [2.05, 4.69) is 23.9 Å². The van der Waals surface area contributed by atoms with E-state index in [-0.39, 0.29) is 17.9 Å². The molecule has 0 radical (unpaired) electrons. The predicted molar refractivity (Wildman–Crippen MR) is 76.9 cm³/mol. The summed E-state index contributed by atoms with van der Waals surface area (Å²) >= 11 is 0. The number of ether oxygens (including phenoxy) is 1. The number of nitrogens with zero attached hydrogens (tertiary/aromatic N) is 3. The topological polar surface area (TPSA) is 60.2 Å². The first kappa shape index (κ1) is 13.4. The summed E-state index contributed by atoms with van der Waals surface area (Å²) in [7, 11) is 0. The Bertz CT molecular complexity index is 628. The zero-order chi connectivity index (χ0) is 14.3. The third-order valence-electron chi connectivity index (χ3n) is 3.92. The van der Waals surface area contributed by atoms with Gasteiger partial charge in [0.15, 0.2) is 11.9 Å². The standard InChI is InChI=1S/C15H21N3O2/c1-9(2)13-11(19)8-16-15-14(13)10(3)17-18(15)12-6-4-5-7-20-12/h8-9,12,19H,4-7H2,1-3H3. The number of aromatic hydroxyl groups is 1. The van der Waals surface area contributed by atoms with E-state index < -0.39 is 0 Å². The van der Waals surface area contributed by atoms with Crippen molar-refractivity contribution in [1.29, 1.82) is 0 Å². The normalized spacial score (nSPS) is 19.9. The van der Waals surface area contributed by atoms with Gasteiger partial charge in [0.05, 0.1) is 11.9 Å². The van der Waals surface area contributed by atoms with Crippen molar-refractivity contribution < 1.29 is 9.84 Å². The molecule has 1 fully saturated rings. The van der Waals surface area contributed by atoms with Crippen LogP contribution in [0.15, 0.2) is 6.20 Å². The van der Waals surface area contributed by atoms with Crippen LogP contribution in [0.5, 0.6) is 5.75 Å². The van der Waals surface area contributed by atoms with Crippen LogP contribution in [-0.4, -0.2) is 26.5 Å². The first-order chi connectivity index (χ1) is 9.59. The Morgan fingerprint density at radius 1 is 1.40 bits per heavy atom. The summed E-state index contributed by atoms with van der Waals surface area (Å²) in [5.74, 6) is 0.476. The molecular weight excluding hydrogens is 254 g/mol. The van der Waals surface area contributed by atoms with Crippen LogP contribution >= 0.6 is 0 Å². The van der Waals surface area contributed by atoms with Crippen LogP contribution in [0.25, 0.3) is 11.0 Å². The van der Waals surface area contributed by atoms with Gasteiger partial charge >= 0.3 is 0 Å². The van der Waals surface area contributed by atoms with E-state index in [1.165, 1.54) is 6.20 Å². The Morgan fingerprint density at radius 2 is 2.20 bits per heavy atom. The van der Waals surface area contributed by atoms with Gasteiger partial charge in [-0.05, 0) is 32.1 Å². The zero-order valence-corrected chi connectivity index (χ0v) is 12.3. The van der Waals surface area contributed by atoms with Gasteiger partial charge in [0.25, 0.3) is 0 Å². The lowest BCUT2D eigenvalue weighted by atomic mass is 9.99. The van der Waals surface area contributed by atoms with Crippen molar-refractivity contribution in [2.24, 2.45) is 0 Å². The van der Waals surface area contributed by atoms with Crippen molar-refractivity contribution in [1.82, 2.24) is 14.8 Å². The van der Waals surface area contributed by atoms with E-state index in [4.69, 9.17) is 4.74 Å². The highest BCUT2D eigenvalue weighted by atomic mass is 16.5. The maximum absolute atomic E-state index is 10.1. The van der Waals surface area contributed by atoms with Gasteiger partial charge in [-0.15, -0.1) is 0 Å². The van der Waals surface area contributed by atoms with Crippen molar-refractivity contribution in [2.75, 3.05) is 6.61 Å². The van der Waals surface area contributed by atoms with Crippen molar-refractivity contribution in [3.05, 3.63) is 17.5 Å². The summed E-state index contributed by atoms with van der Waals surface area (Å²) in [6.07, 6.45) is 4.73. The van der Waals surface area contributed by atoms with Gasteiger partial charge in [0.2, 0.25) is 0 Å². The SMILES string of the molecule is Cc1nn(C2CCCCO2)c2ncc(O)c(C(C)C)c12. The average Bonchev–Trinajstić information content (AvgIpc) is 2.77. The molecule has 1 N–H and O–H groups in total. The smallest absolute Gasteiger partial charge is 0.161 e. The fourth-order valence-electron chi connectivity index (χ4n) is 3.00. The number of aryl methyl sites for hydroxylation is 1. The molecule has 1 aliphatic rings. The maximum Gasteiger partial charge on any atom is 0.161 e. The van der Waals surface area contributed by atoms with Crippen LogP contribution in [0.4, 0.5) is 0 Å². The molecule has 1 atom stereocenters. The highest BCUT2D eigenvalue weighted by Crippen LogP contribution is 2.35. The van der Waals surface area contributed by atoms with Crippen LogP contribution < -0.4 is 0 Å². The molecule has 0 bridgehead atoms. The molecule has 1 saturated heterocycles. The summed E-state index contributed by atoms with van der Waals surface area (Å²) in [4.78, 5) is 4.39. The molecule has 108 valence electrons. The fraction of sp³-hybridized carbons (Fsp3) is 0.600. The minimum atomic E-state index is -0.0306. The van der Waals surface area contributed by atoms with Gasteiger partial charge in [-0.3, -0.25) is 0 Å². The van der Waals surface area contributed by atoms with Crippen LogP contribution in [0.3, 0.4) is 0 Å². The monoisotopic (exact) mass is 275 g/mol. The highest BCUT2D eigenvalue weighted by molar-refractivity contribution is 5.84.